The molecule has 0 saturated heterocycles. The third-order valence-electron chi connectivity index (χ3n) is 2.77. The largest absolute Gasteiger partial charge is 0.263 e. The van der Waals surface area contributed by atoms with Crippen molar-refractivity contribution < 1.29 is 8.42 Å². The quantitative estimate of drug-likeness (QED) is 0.874. The number of halogens is 1. The molecule has 0 aliphatic heterocycles. The lowest BCUT2D eigenvalue weighted by Crippen LogP contribution is -2.14. The van der Waals surface area contributed by atoms with Crippen molar-refractivity contribution in [1.29, 1.82) is 0 Å². The maximum atomic E-state index is 12.4. The van der Waals surface area contributed by atoms with Crippen LogP contribution in [0, 0.1) is 6.92 Å². The Kier molecular flexibility index (Phi) is 4.51. The molecular formula is C13H15BrN2O2S2. The standard InChI is InChI=1S/C13H15BrN2O2S2/c1-8(2)11-7-19-13(15-11)16-20(17,18)12-6-10(14)5-4-9(12)3/h4-8H,1-3H3,(H,15,16). The lowest BCUT2D eigenvalue weighted by molar-refractivity contribution is 0.600. The van der Waals surface area contributed by atoms with E-state index in [0.29, 0.717) is 10.7 Å². The second-order valence-corrected chi connectivity index (χ2v) is 8.17. The molecule has 2 rings (SSSR count). The van der Waals surface area contributed by atoms with Gasteiger partial charge in [-0.2, -0.15) is 0 Å². The number of thiazole rings is 1. The van der Waals surface area contributed by atoms with Crippen LogP contribution in [0.5, 0.6) is 0 Å². The fourth-order valence-electron chi connectivity index (χ4n) is 1.63. The summed E-state index contributed by atoms with van der Waals surface area (Å²) in [4.78, 5) is 4.55. The Morgan fingerprint density at radius 2 is 2.05 bits per heavy atom. The Balaban J connectivity index is 2.33. The highest BCUT2D eigenvalue weighted by molar-refractivity contribution is 9.10. The van der Waals surface area contributed by atoms with Crippen LogP contribution in [0.15, 0.2) is 32.9 Å². The molecule has 20 heavy (non-hydrogen) atoms. The molecule has 7 heteroatoms. The summed E-state index contributed by atoms with van der Waals surface area (Å²) in [5, 5.41) is 2.27. The second-order valence-electron chi connectivity index (χ2n) is 4.75. The van der Waals surface area contributed by atoms with Crippen molar-refractivity contribution in [3.8, 4) is 0 Å². The molecule has 0 unspecified atom stereocenters. The minimum absolute atomic E-state index is 0.258. The van der Waals surface area contributed by atoms with Crippen LogP contribution in [0.2, 0.25) is 0 Å². The molecule has 0 amide bonds. The van der Waals surface area contributed by atoms with Gasteiger partial charge in [0.15, 0.2) is 5.13 Å². The van der Waals surface area contributed by atoms with Crippen molar-refractivity contribution in [3.63, 3.8) is 0 Å². The Morgan fingerprint density at radius 1 is 1.35 bits per heavy atom. The van der Waals surface area contributed by atoms with Crippen LogP contribution in [0.25, 0.3) is 0 Å². The lowest BCUT2D eigenvalue weighted by atomic mass is 10.2. The van der Waals surface area contributed by atoms with Crippen molar-refractivity contribution in [2.45, 2.75) is 31.6 Å². The minimum atomic E-state index is -3.61. The fraction of sp³-hybridized carbons (Fsp3) is 0.308. The molecule has 2 aromatic rings. The molecular weight excluding hydrogens is 360 g/mol. The van der Waals surface area contributed by atoms with Gasteiger partial charge in [-0.3, -0.25) is 4.72 Å². The van der Waals surface area contributed by atoms with Gasteiger partial charge in [0.2, 0.25) is 0 Å². The second kappa shape index (κ2) is 5.83. The molecule has 0 aliphatic carbocycles. The Bertz CT molecular complexity index is 724. The SMILES string of the molecule is Cc1ccc(Br)cc1S(=O)(=O)Nc1nc(C(C)C)cs1. The highest BCUT2D eigenvalue weighted by atomic mass is 79.9. The van der Waals surface area contributed by atoms with E-state index >= 15 is 0 Å². The molecule has 1 aromatic heterocycles. The first-order valence-electron chi connectivity index (χ1n) is 6.04. The summed E-state index contributed by atoms with van der Waals surface area (Å²) in [5.74, 6) is 0.275. The predicted molar refractivity (Wildman–Crippen MR) is 85.9 cm³/mol. The molecule has 0 spiro atoms. The average molecular weight is 375 g/mol. The summed E-state index contributed by atoms with van der Waals surface area (Å²) < 4.78 is 28.0. The van der Waals surface area contributed by atoms with Crippen LogP contribution in [-0.2, 0) is 10.0 Å². The monoisotopic (exact) mass is 374 g/mol. The molecule has 1 aromatic carbocycles. The van der Waals surface area contributed by atoms with Crippen LogP contribution < -0.4 is 4.72 Å². The van der Waals surface area contributed by atoms with Gasteiger partial charge in [-0.25, -0.2) is 13.4 Å². The van der Waals surface area contributed by atoms with Gasteiger partial charge < -0.3 is 0 Å². The van der Waals surface area contributed by atoms with E-state index in [1.54, 1.807) is 19.1 Å². The zero-order valence-corrected chi connectivity index (χ0v) is 14.6. The van der Waals surface area contributed by atoms with Crippen molar-refractivity contribution in [2.75, 3.05) is 4.72 Å². The van der Waals surface area contributed by atoms with Gasteiger partial charge in [-0.1, -0.05) is 35.8 Å². The smallest absolute Gasteiger partial charge is 0.255 e. The van der Waals surface area contributed by atoms with E-state index in [2.05, 4.69) is 25.6 Å². The summed E-state index contributed by atoms with van der Waals surface area (Å²) in [6.45, 7) is 5.81. The lowest BCUT2D eigenvalue weighted by Gasteiger charge is -2.08. The number of benzene rings is 1. The first-order chi connectivity index (χ1) is 9.29. The van der Waals surface area contributed by atoms with Gasteiger partial charge in [0.05, 0.1) is 10.6 Å². The maximum absolute atomic E-state index is 12.4. The first kappa shape index (κ1) is 15.5. The average Bonchev–Trinajstić information content (AvgIpc) is 2.80. The molecule has 0 radical (unpaired) electrons. The summed E-state index contributed by atoms with van der Waals surface area (Å²) >= 11 is 4.59. The molecule has 1 N–H and O–H groups in total. The van der Waals surface area contributed by atoms with Gasteiger partial charge in [-0.05, 0) is 30.5 Å². The van der Waals surface area contributed by atoms with Gasteiger partial charge >= 0.3 is 0 Å². The number of anilines is 1. The minimum Gasteiger partial charge on any atom is -0.255 e. The third-order valence-corrected chi connectivity index (χ3v) is 5.65. The number of nitrogens with one attached hydrogen (secondary N) is 1. The van der Waals surface area contributed by atoms with E-state index in [-0.39, 0.29) is 10.8 Å². The maximum Gasteiger partial charge on any atom is 0.263 e. The van der Waals surface area contributed by atoms with E-state index in [1.165, 1.54) is 11.3 Å². The number of aromatic nitrogens is 1. The summed E-state index contributed by atoms with van der Waals surface area (Å²) in [6.07, 6.45) is 0. The highest BCUT2D eigenvalue weighted by Gasteiger charge is 2.19. The number of hydrogen-bond donors (Lipinski definition) is 1. The van der Waals surface area contributed by atoms with Gasteiger partial charge in [0.1, 0.15) is 0 Å². The Morgan fingerprint density at radius 3 is 2.65 bits per heavy atom. The van der Waals surface area contributed by atoms with E-state index < -0.39 is 10.0 Å². The van der Waals surface area contributed by atoms with E-state index in [0.717, 1.165) is 10.2 Å². The Hall–Kier alpha value is -0.920. The molecule has 1 heterocycles. The number of aryl methyl sites for hydroxylation is 1. The summed E-state index contributed by atoms with van der Waals surface area (Å²) in [6, 6.07) is 5.17. The van der Waals surface area contributed by atoms with Crippen molar-refractivity contribution in [1.82, 2.24) is 4.98 Å². The van der Waals surface area contributed by atoms with Crippen molar-refractivity contribution in [2.24, 2.45) is 0 Å². The zero-order chi connectivity index (χ0) is 14.9. The van der Waals surface area contributed by atoms with Crippen molar-refractivity contribution in [3.05, 3.63) is 39.3 Å². The molecule has 0 aliphatic rings. The van der Waals surface area contributed by atoms with E-state index in [9.17, 15) is 8.42 Å². The first-order valence-corrected chi connectivity index (χ1v) is 9.19. The highest BCUT2D eigenvalue weighted by Crippen LogP contribution is 2.26. The molecule has 0 fully saturated rings. The number of sulfonamides is 1. The van der Waals surface area contributed by atoms with Gasteiger partial charge in [0.25, 0.3) is 10.0 Å². The number of rotatable bonds is 4. The Labute approximate surface area is 131 Å². The topological polar surface area (TPSA) is 59.1 Å². The third kappa shape index (κ3) is 3.39. The molecule has 0 saturated carbocycles. The zero-order valence-electron chi connectivity index (χ0n) is 11.3. The fourth-order valence-corrected chi connectivity index (χ4v) is 4.54. The predicted octanol–water partition coefficient (Wildman–Crippen LogP) is 4.14. The van der Waals surface area contributed by atoms with E-state index in [1.807, 2.05) is 25.3 Å². The van der Waals surface area contributed by atoms with Crippen LogP contribution in [0.3, 0.4) is 0 Å². The number of hydrogen-bond acceptors (Lipinski definition) is 4. The van der Waals surface area contributed by atoms with Crippen molar-refractivity contribution >= 4 is 42.4 Å². The van der Waals surface area contributed by atoms with Crippen LogP contribution in [-0.4, -0.2) is 13.4 Å². The summed E-state index contributed by atoms with van der Waals surface area (Å²) in [7, 11) is -3.61. The molecule has 0 bridgehead atoms. The summed E-state index contributed by atoms with van der Waals surface area (Å²) in [5.41, 5.74) is 1.58. The van der Waals surface area contributed by atoms with Crippen LogP contribution >= 0.6 is 27.3 Å². The normalized spacial score (nSPS) is 11.8. The molecule has 0 atom stereocenters. The van der Waals surface area contributed by atoms with Gasteiger partial charge in [0, 0.05) is 9.85 Å². The van der Waals surface area contributed by atoms with Crippen LogP contribution in [0.1, 0.15) is 31.0 Å². The van der Waals surface area contributed by atoms with Crippen LogP contribution in [0.4, 0.5) is 5.13 Å². The van der Waals surface area contributed by atoms with E-state index in [4.69, 9.17) is 0 Å². The molecule has 108 valence electrons. The van der Waals surface area contributed by atoms with Gasteiger partial charge in [-0.15, -0.1) is 11.3 Å². The number of nitrogens with zero attached hydrogens (tertiary/aromatic N) is 1. The molecule has 4 nitrogen and oxygen atoms in total.